The van der Waals surface area contributed by atoms with Crippen LogP contribution in [0.25, 0.3) is 0 Å². The first-order chi connectivity index (χ1) is 14.1. The van der Waals surface area contributed by atoms with Gasteiger partial charge in [-0.2, -0.15) is 4.37 Å². The van der Waals surface area contributed by atoms with Crippen LogP contribution in [0.2, 0.25) is 0 Å². The first-order valence-electron chi connectivity index (χ1n) is 9.21. The maximum atomic E-state index is 13.7. The van der Waals surface area contributed by atoms with Gasteiger partial charge >= 0.3 is 6.03 Å². The highest BCUT2D eigenvalue weighted by Gasteiger charge is 2.23. The zero-order valence-electron chi connectivity index (χ0n) is 15.5. The van der Waals surface area contributed by atoms with Crippen LogP contribution >= 0.6 is 11.5 Å². The van der Waals surface area contributed by atoms with Crippen molar-refractivity contribution in [2.24, 2.45) is 0 Å². The van der Waals surface area contributed by atoms with E-state index in [0.717, 1.165) is 10.7 Å². The smallest absolute Gasteiger partial charge is 0.322 e. The molecule has 0 aliphatic carbocycles. The van der Waals surface area contributed by atoms with Crippen molar-refractivity contribution < 1.29 is 13.6 Å². The monoisotopic (exact) mass is 415 g/mol. The van der Waals surface area contributed by atoms with Gasteiger partial charge in [-0.1, -0.05) is 24.3 Å². The first kappa shape index (κ1) is 19.3. The molecule has 0 radical (unpaired) electrons. The van der Waals surface area contributed by atoms with Gasteiger partial charge in [0.1, 0.15) is 17.5 Å². The summed E-state index contributed by atoms with van der Waals surface area (Å²) in [4.78, 5) is 20.7. The zero-order chi connectivity index (χ0) is 20.2. The van der Waals surface area contributed by atoms with Gasteiger partial charge in [-0.15, -0.1) is 0 Å². The van der Waals surface area contributed by atoms with E-state index < -0.39 is 5.82 Å². The van der Waals surface area contributed by atoms with E-state index in [1.165, 1.54) is 35.8 Å². The number of hydrogen-bond acceptors (Lipinski definition) is 5. The van der Waals surface area contributed by atoms with E-state index in [9.17, 15) is 13.6 Å². The van der Waals surface area contributed by atoms with E-state index in [1.807, 2.05) is 0 Å². The lowest BCUT2D eigenvalue weighted by Gasteiger charge is -2.34. The number of piperazine rings is 1. The maximum absolute atomic E-state index is 13.7. The van der Waals surface area contributed by atoms with Crippen LogP contribution in [0.4, 0.5) is 24.4 Å². The van der Waals surface area contributed by atoms with E-state index in [1.54, 1.807) is 29.2 Å². The molecule has 0 saturated carbocycles. The normalized spacial score (nSPS) is 14.1. The Morgan fingerprint density at radius 1 is 1.03 bits per heavy atom. The Balaban J connectivity index is 1.31. The van der Waals surface area contributed by atoms with Gasteiger partial charge in [0.05, 0.1) is 5.69 Å². The van der Waals surface area contributed by atoms with Crippen LogP contribution in [-0.2, 0) is 6.42 Å². The SMILES string of the molecule is O=C(Nc1ccccc1F)N1CCN(c2nc(Cc3ccc(F)cc3)ns2)CC1. The third kappa shape index (κ3) is 4.68. The van der Waals surface area contributed by atoms with Crippen molar-refractivity contribution in [1.29, 1.82) is 0 Å². The Hall–Kier alpha value is -3.07. The summed E-state index contributed by atoms with van der Waals surface area (Å²) in [5, 5.41) is 3.41. The number of carbonyl (C=O) groups excluding carboxylic acids is 1. The number of urea groups is 1. The van der Waals surface area contributed by atoms with Crippen LogP contribution in [0, 0.1) is 11.6 Å². The molecule has 1 aromatic heterocycles. The Bertz CT molecular complexity index is 987. The van der Waals surface area contributed by atoms with Crippen LogP contribution in [-0.4, -0.2) is 46.5 Å². The minimum Gasteiger partial charge on any atom is -0.343 e. The Kier molecular flexibility index (Phi) is 5.66. The molecule has 1 N–H and O–H groups in total. The van der Waals surface area contributed by atoms with Crippen molar-refractivity contribution in [2.75, 3.05) is 36.4 Å². The number of carbonyl (C=O) groups is 1. The molecule has 29 heavy (non-hydrogen) atoms. The molecular weight excluding hydrogens is 396 g/mol. The molecule has 4 rings (SSSR count). The lowest BCUT2D eigenvalue weighted by atomic mass is 10.1. The van der Waals surface area contributed by atoms with Crippen molar-refractivity contribution >= 4 is 28.4 Å². The number of nitrogens with zero attached hydrogens (tertiary/aromatic N) is 4. The largest absolute Gasteiger partial charge is 0.343 e. The summed E-state index contributed by atoms with van der Waals surface area (Å²) in [7, 11) is 0. The van der Waals surface area contributed by atoms with Crippen molar-refractivity contribution in [3.63, 3.8) is 0 Å². The van der Waals surface area contributed by atoms with Gasteiger partial charge in [0.2, 0.25) is 5.13 Å². The number of rotatable bonds is 4. The van der Waals surface area contributed by atoms with Gasteiger partial charge in [0.25, 0.3) is 0 Å². The number of benzene rings is 2. The molecule has 150 valence electrons. The number of hydrogen-bond donors (Lipinski definition) is 1. The number of para-hydroxylation sites is 1. The Labute approximate surface area is 171 Å². The summed E-state index contributed by atoms with van der Waals surface area (Å²) in [6.07, 6.45) is 0.543. The summed E-state index contributed by atoms with van der Waals surface area (Å²) < 4.78 is 31.1. The van der Waals surface area contributed by atoms with Gasteiger partial charge < -0.3 is 15.1 Å². The molecule has 1 aliphatic rings. The fraction of sp³-hybridized carbons (Fsp3) is 0.250. The molecule has 1 fully saturated rings. The van der Waals surface area contributed by atoms with E-state index in [0.29, 0.717) is 38.4 Å². The summed E-state index contributed by atoms with van der Waals surface area (Å²) in [6, 6.07) is 12.1. The minimum absolute atomic E-state index is 0.175. The van der Waals surface area contributed by atoms with Gasteiger partial charge in [-0.3, -0.25) is 0 Å². The van der Waals surface area contributed by atoms with Crippen LogP contribution in [0.3, 0.4) is 0 Å². The minimum atomic E-state index is -0.456. The Morgan fingerprint density at radius 2 is 1.76 bits per heavy atom. The van der Waals surface area contributed by atoms with Crippen molar-refractivity contribution in [3.8, 4) is 0 Å². The average molecular weight is 415 g/mol. The highest BCUT2D eigenvalue weighted by molar-refractivity contribution is 7.09. The summed E-state index contributed by atoms with van der Waals surface area (Å²) in [5.74, 6) is -0.0315. The summed E-state index contributed by atoms with van der Waals surface area (Å²) in [6.45, 7) is 2.26. The van der Waals surface area contributed by atoms with Crippen LogP contribution in [0.1, 0.15) is 11.4 Å². The van der Waals surface area contributed by atoms with Crippen LogP contribution in [0.15, 0.2) is 48.5 Å². The van der Waals surface area contributed by atoms with Crippen LogP contribution in [0.5, 0.6) is 0 Å². The number of nitrogens with one attached hydrogen (secondary N) is 1. The molecular formula is C20H19F2N5OS. The highest BCUT2D eigenvalue weighted by Crippen LogP contribution is 2.21. The van der Waals surface area contributed by atoms with Gasteiger partial charge in [0.15, 0.2) is 0 Å². The van der Waals surface area contributed by atoms with Gasteiger partial charge in [-0.05, 0) is 29.8 Å². The standard InChI is InChI=1S/C20H19F2N5OS/c21-15-7-5-14(6-8-15)13-18-24-20(29-25-18)27-11-9-26(10-12-27)19(28)23-17-4-2-1-3-16(17)22/h1-8H,9-13H2,(H,23,28). The second-order valence-electron chi connectivity index (χ2n) is 6.68. The fourth-order valence-corrected chi connectivity index (χ4v) is 3.82. The molecule has 2 heterocycles. The molecule has 0 unspecified atom stereocenters. The van der Waals surface area contributed by atoms with E-state index >= 15 is 0 Å². The van der Waals surface area contributed by atoms with E-state index in [-0.39, 0.29) is 17.5 Å². The second kappa shape index (κ2) is 8.52. The number of amides is 2. The van der Waals surface area contributed by atoms with E-state index in [2.05, 4.69) is 19.6 Å². The first-order valence-corrected chi connectivity index (χ1v) is 9.98. The maximum Gasteiger partial charge on any atom is 0.322 e. The quantitative estimate of drug-likeness (QED) is 0.705. The van der Waals surface area contributed by atoms with E-state index in [4.69, 9.17) is 0 Å². The summed E-state index contributed by atoms with van der Waals surface area (Å²) >= 11 is 1.31. The molecule has 1 saturated heterocycles. The Morgan fingerprint density at radius 3 is 2.48 bits per heavy atom. The van der Waals surface area contributed by atoms with Crippen molar-refractivity contribution in [3.05, 3.63) is 71.6 Å². The molecule has 3 aromatic rings. The van der Waals surface area contributed by atoms with Gasteiger partial charge in [0, 0.05) is 44.1 Å². The lowest BCUT2D eigenvalue weighted by Crippen LogP contribution is -2.50. The molecule has 0 atom stereocenters. The third-order valence-electron chi connectivity index (χ3n) is 4.69. The third-order valence-corrected chi connectivity index (χ3v) is 5.50. The number of halogens is 2. The molecule has 0 spiro atoms. The number of anilines is 2. The van der Waals surface area contributed by atoms with Crippen molar-refractivity contribution in [1.82, 2.24) is 14.3 Å². The molecule has 9 heteroatoms. The van der Waals surface area contributed by atoms with Crippen molar-refractivity contribution in [2.45, 2.75) is 6.42 Å². The lowest BCUT2D eigenvalue weighted by molar-refractivity contribution is 0.208. The zero-order valence-corrected chi connectivity index (χ0v) is 16.3. The molecule has 2 amide bonds. The molecule has 1 aliphatic heterocycles. The molecule has 6 nitrogen and oxygen atoms in total. The molecule has 2 aromatic carbocycles. The average Bonchev–Trinajstić information content (AvgIpc) is 3.20. The fourth-order valence-electron chi connectivity index (χ4n) is 3.09. The predicted octanol–water partition coefficient (Wildman–Crippen LogP) is 3.76. The molecule has 0 bridgehead atoms. The van der Waals surface area contributed by atoms with Crippen LogP contribution < -0.4 is 10.2 Å². The highest BCUT2D eigenvalue weighted by atomic mass is 32.1. The van der Waals surface area contributed by atoms with Gasteiger partial charge in [-0.25, -0.2) is 18.6 Å². The summed E-state index contributed by atoms with van der Waals surface area (Å²) in [5.41, 5.74) is 1.12. The topological polar surface area (TPSA) is 61.4 Å². The predicted molar refractivity (Wildman–Crippen MR) is 108 cm³/mol. The number of aromatic nitrogens is 2. The second-order valence-corrected chi connectivity index (χ2v) is 7.41.